The van der Waals surface area contributed by atoms with Gasteiger partial charge in [-0.1, -0.05) is 18.2 Å². The first-order chi connectivity index (χ1) is 16.4. The standard InChI is InChI=1S/C22H20F3N7O2/c23-22(24,25)21-28-27-18-6-7-19(29-32(18)21)30-10-8-16(9-11-30)20(33)34-14-15-12-26-31(13-15)17-4-2-1-3-5-17/h1-7,12-13,16H,8-11,14H2. The highest BCUT2D eigenvalue weighted by Gasteiger charge is 2.38. The molecule has 0 amide bonds. The molecule has 12 heteroatoms. The van der Waals surface area contributed by atoms with Crippen molar-refractivity contribution >= 4 is 17.4 Å². The molecule has 1 aliphatic rings. The zero-order valence-electron chi connectivity index (χ0n) is 17.9. The topological polar surface area (TPSA) is 90.4 Å². The Morgan fingerprint density at radius 2 is 1.82 bits per heavy atom. The number of nitrogens with zero attached hydrogens (tertiary/aromatic N) is 7. The van der Waals surface area contributed by atoms with Crippen molar-refractivity contribution in [1.82, 2.24) is 29.6 Å². The highest BCUT2D eigenvalue weighted by atomic mass is 19.4. The molecule has 5 rings (SSSR count). The van der Waals surface area contributed by atoms with Gasteiger partial charge >= 0.3 is 12.1 Å². The Bertz CT molecular complexity index is 1290. The monoisotopic (exact) mass is 471 g/mol. The number of fused-ring (bicyclic) bond motifs is 1. The van der Waals surface area contributed by atoms with Gasteiger partial charge in [0.25, 0.3) is 5.82 Å². The third kappa shape index (κ3) is 4.43. The van der Waals surface area contributed by atoms with Gasteiger partial charge in [-0.15, -0.1) is 15.3 Å². The molecule has 1 fully saturated rings. The van der Waals surface area contributed by atoms with E-state index in [0.29, 0.717) is 36.3 Å². The lowest BCUT2D eigenvalue weighted by atomic mass is 9.97. The van der Waals surface area contributed by atoms with Crippen LogP contribution in [0.4, 0.5) is 19.0 Å². The fourth-order valence-corrected chi connectivity index (χ4v) is 3.90. The number of carbonyl (C=O) groups is 1. The van der Waals surface area contributed by atoms with E-state index < -0.39 is 12.0 Å². The van der Waals surface area contributed by atoms with Crippen molar-refractivity contribution in [3.05, 3.63) is 66.2 Å². The van der Waals surface area contributed by atoms with E-state index in [-0.39, 0.29) is 24.1 Å². The van der Waals surface area contributed by atoms with E-state index >= 15 is 0 Å². The smallest absolute Gasteiger partial charge is 0.453 e. The Kier molecular flexibility index (Phi) is 5.64. The fraction of sp³-hybridized carbons (Fsp3) is 0.318. The lowest BCUT2D eigenvalue weighted by Crippen LogP contribution is -2.37. The number of benzene rings is 1. The zero-order chi connectivity index (χ0) is 23.7. The van der Waals surface area contributed by atoms with Gasteiger partial charge in [0.1, 0.15) is 12.4 Å². The Hall–Kier alpha value is -3.96. The number of hydrogen-bond acceptors (Lipinski definition) is 7. The Balaban J connectivity index is 1.17. The van der Waals surface area contributed by atoms with Gasteiger partial charge in [-0.2, -0.15) is 22.8 Å². The fourth-order valence-electron chi connectivity index (χ4n) is 3.90. The second-order valence-corrected chi connectivity index (χ2v) is 7.98. The van der Waals surface area contributed by atoms with Gasteiger partial charge in [-0.3, -0.25) is 4.79 Å². The summed E-state index contributed by atoms with van der Waals surface area (Å²) >= 11 is 0. The number of carbonyl (C=O) groups excluding carboxylic acids is 1. The summed E-state index contributed by atoms with van der Waals surface area (Å²) in [6.07, 6.45) is -0.163. The maximum atomic E-state index is 13.1. The molecule has 0 spiro atoms. The molecular weight excluding hydrogens is 451 g/mol. The Morgan fingerprint density at radius 3 is 2.56 bits per heavy atom. The molecule has 0 atom stereocenters. The number of hydrogen-bond donors (Lipinski definition) is 0. The van der Waals surface area contributed by atoms with E-state index in [9.17, 15) is 18.0 Å². The number of halogens is 3. The van der Waals surface area contributed by atoms with Crippen LogP contribution in [0.2, 0.25) is 0 Å². The first-order valence-corrected chi connectivity index (χ1v) is 10.7. The van der Waals surface area contributed by atoms with Crippen LogP contribution in [-0.4, -0.2) is 48.7 Å². The summed E-state index contributed by atoms with van der Waals surface area (Å²) in [6, 6.07) is 12.7. The van der Waals surface area contributed by atoms with E-state index in [2.05, 4.69) is 20.4 Å². The van der Waals surface area contributed by atoms with Crippen LogP contribution < -0.4 is 4.90 Å². The summed E-state index contributed by atoms with van der Waals surface area (Å²) in [5.74, 6) is -1.38. The molecule has 0 unspecified atom stereocenters. The molecule has 4 heterocycles. The predicted octanol–water partition coefficient (Wildman–Crippen LogP) is 3.29. The number of ether oxygens (including phenoxy) is 1. The highest BCUT2D eigenvalue weighted by Crippen LogP contribution is 2.29. The molecule has 0 radical (unpaired) electrons. The quantitative estimate of drug-likeness (QED) is 0.413. The van der Waals surface area contributed by atoms with Gasteiger partial charge in [0, 0.05) is 24.8 Å². The average molecular weight is 471 g/mol. The van der Waals surface area contributed by atoms with Crippen LogP contribution in [0.15, 0.2) is 54.9 Å². The van der Waals surface area contributed by atoms with Crippen molar-refractivity contribution in [3.8, 4) is 5.69 Å². The molecule has 0 aliphatic carbocycles. The van der Waals surface area contributed by atoms with Crippen LogP contribution in [0.25, 0.3) is 11.3 Å². The van der Waals surface area contributed by atoms with Crippen LogP contribution >= 0.6 is 0 Å². The number of rotatable bonds is 5. The third-order valence-corrected chi connectivity index (χ3v) is 5.69. The molecule has 176 valence electrons. The zero-order valence-corrected chi connectivity index (χ0v) is 17.9. The number of esters is 1. The minimum Gasteiger partial charge on any atom is -0.460 e. The maximum Gasteiger partial charge on any atom is 0.453 e. The lowest BCUT2D eigenvalue weighted by Gasteiger charge is -2.31. The molecule has 9 nitrogen and oxygen atoms in total. The van der Waals surface area contributed by atoms with Crippen LogP contribution in [0.1, 0.15) is 24.2 Å². The van der Waals surface area contributed by atoms with E-state index in [1.807, 2.05) is 41.4 Å². The molecular formula is C22H20F3N7O2. The van der Waals surface area contributed by atoms with Crippen molar-refractivity contribution in [1.29, 1.82) is 0 Å². The summed E-state index contributed by atoms with van der Waals surface area (Å²) in [6.45, 7) is 1.05. The number of alkyl halides is 3. The molecule has 0 bridgehead atoms. The van der Waals surface area contributed by atoms with Gasteiger partial charge < -0.3 is 9.64 Å². The second kappa shape index (κ2) is 8.76. The molecule has 0 saturated carbocycles. The van der Waals surface area contributed by atoms with Crippen LogP contribution in [0.3, 0.4) is 0 Å². The minimum absolute atomic E-state index is 0.0186. The summed E-state index contributed by atoms with van der Waals surface area (Å²) in [4.78, 5) is 14.4. The molecule has 3 aromatic heterocycles. The van der Waals surface area contributed by atoms with Gasteiger partial charge in [0.2, 0.25) is 0 Å². The first kappa shape index (κ1) is 21.9. The van der Waals surface area contributed by atoms with Gasteiger partial charge in [0.15, 0.2) is 5.65 Å². The van der Waals surface area contributed by atoms with E-state index in [1.54, 1.807) is 16.9 Å². The molecule has 1 aromatic carbocycles. The molecule has 4 aromatic rings. The normalized spacial score (nSPS) is 15.1. The van der Waals surface area contributed by atoms with Crippen LogP contribution in [0.5, 0.6) is 0 Å². The van der Waals surface area contributed by atoms with Gasteiger partial charge in [0.05, 0.1) is 17.8 Å². The largest absolute Gasteiger partial charge is 0.460 e. The van der Waals surface area contributed by atoms with Gasteiger partial charge in [-0.25, -0.2) is 4.68 Å². The summed E-state index contributed by atoms with van der Waals surface area (Å²) in [5, 5.41) is 15.1. The van der Waals surface area contributed by atoms with Crippen molar-refractivity contribution in [2.75, 3.05) is 18.0 Å². The van der Waals surface area contributed by atoms with Crippen LogP contribution in [-0.2, 0) is 22.3 Å². The van der Waals surface area contributed by atoms with Crippen LogP contribution in [0, 0.1) is 5.92 Å². The van der Waals surface area contributed by atoms with Crippen molar-refractivity contribution in [2.45, 2.75) is 25.6 Å². The molecule has 34 heavy (non-hydrogen) atoms. The molecule has 0 N–H and O–H groups in total. The van der Waals surface area contributed by atoms with E-state index in [1.165, 1.54) is 6.07 Å². The third-order valence-electron chi connectivity index (χ3n) is 5.69. The van der Waals surface area contributed by atoms with Crippen molar-refractivity contribution in [2.24, 2.45) is 5.92 Å². The number of anilines is 1. The summed E-state index contributed by atoms with van der Waals surface area (Å²) in [7, 11) is 0. The number of para-hydroxylation sites is 1. The first-order valence-electron chi connectivity index (χ1n) is 10.7. The molecule has 1 aliphatic heterocycles. The number of piperidine rings is 1. The maximum absolute atomic E-state index is 13.1. The SMILES string of the molecule is O=C(OCc1cnn(-c2ccccc2)c1)C1CCN(c2ccc3nnc(C(F)(F)F)n3n2)CC1. The van der Waals surface area contributed by atoms with Crippen molar-refractivity contribution in [3.63, 3.8) is 0 Å². The predicted molar refractivity (Wildman–Crippen MR) is 114 cm³/mol. The molecule has 1 saturated heterocycles. The highest BCUT2D eigenvalue weighted by molar-refractivity contribution is 5.73. The lowest BCUT2D eigenvalue weighted by molar-refractivity contribution is -0.150. The van der Waals surface area contributed by atoms with E-state index in [4.69, 9.17) is 4.74 Å². The Morgan fingerprint density at radius 1 is 1.06 bits per heavy atom. The minimum atomic E-state index is -4.65. The summed E-state index contributed by atoms with van der Waals surface area (Å²) in [5.41, 5.74) is 1.71. The second-order valence-electron chi connectivity index (χ2n) is 7.98. The van der Waals surface area contributed by atoms with Gasteiger partial charge in [-0.05, 0) is 37.1 Å². The van der Waals surface area contributed by atoms with Crippen molar-refractivity contribution < 1.29 is 22.7 Å². The Labute approximate surface area is 191 Å². The van der Waals surface area contributed by atoms with E-state index in [0.717, 1.165) is 11.3 Å². The number of aromatic nitrogens is 6. The summed E-state index contributed by atoms with van der Waals surface area (Å²) < 4.78 is 47.2. The average Bonchev–Trinajstić information content (AvgIpc) is 3.50.